The van der Waals surface area contributed by atoms with Crippen molar-refractivity contribution in [2.24, 2.45) is 0 Å². The summed E-state index contributed by atoms with van der Waals surface area (Å²) in [5, 5.41) is 7.35. The van der Waals surface area contributed by atoms with Crippen molar-refractivity contribution >= 4 is 5.91 Å². The Morgan fingerprint density at radius 1 is 1.38 bits per heavy atom. The molecule has 6 heteroatoms. The second kappa shape index (κ2) is 6.49. The number of amides is 1. The molecule has 1 aromatic carbocycles. The maximum absolute atomic E-state index is 13.7. The van der Waals surface area contributed by atoms with Crippen molar-refractivity contribution in [1.29, 1.82) is 0 Å². The molecular weight excluding hydrogens is 271 g/mol. The maximum atomic E-state index is 13.7. The Morgan fingerprint density at radius 3 is 2.81 bits per heavy atom. The number of carbonyl (C=O) groups excluding carboxylic acids is 1. The average molecular weight is 290 g/mol. The number of hydrogen-bond donors (Lipinski definition) is 1. The highest BCUT2D eigenvalue weighted by atomic mass is 19.1. The van der Waals surface area contributed by atoms with E-state index in [2.05, 4.69) is 10.4 Å². The summed E-state index contributed by atoms with van der Waals surface area (Å²) >= 11 is 0. The van der Waals surface area contributed by atoms with Gasteiger partial charge in [0.15, 0.2) is 5.69 Å². The van der Waals surface area contributed by atoms with Gasteiger partial charge in [-0.05, 0) is 36.4 Å². The van der Waals surface area contributed by atoms with Crippen LogP contribution in [0.2, 0.25) is 0 Å². The van der Waals surface area contributed by atoms with Gasteiger partial charge in [-0.3, -0.25) is 4.79 Å². The third-order valence-electron chi connectivity index (χ3n) is 3.00. The predicted octanol–water partition coefficient (Wildman–Crippen LogP) is 1.82. The van der Waals surface area contributed by atoms with Crippen LogP contribution in [0.5, 0.6) is 0 Å². The van der Waals surface area contributed by atoms with Crippen LogP contribution in [0.1, 0.15) is 23.0 Å². The summed E-state index contributed by atoms with van der Waals surface area (Å²) in [4.78, 5) is 13.3. The van der Waals surface area contributed by atoms with Crippen molar-refractivity contribution in [3.63, 3.8) is 0 Å². The van der Waals surface area contributed by atoms with Crippen LogP contribution in [0, 0.1) is 5.82 Å². The molecule has 0 aliphatic heterocycles. The molecule has 1 amide bonds. The van der Waals surface area contributed by atoms with E-state index in [0.717, 1.165) is 12.1 Å². The van der Waals surface area contributed by atoms with Gasteiger partial charge in [0.05, 0.1) is 5.69 Å². The van der Waals surface area contributed by atoms with E-state index in [1.165, 1.54) is 21.7 Å². The molecule has 0 bridgehead atoms. The van der Waals surface area contributed by atoms with Gasteiger partial charge in [-0.15, -0.1) is 0 Å². The molecule has 0 unspecified atom stereocenters. The maximum Gasteiger partial charge on any atom is 0.273 e. The summed E-state index contributed by atoms with van der Waals surface area (Å²) in [6.45, 7) is 3.40. The Morgan fingerprint density at radius 2 is 2.14 bits per heavy atom. The Balaban J connectivity index is 2.29. The molecule has 1 heterocycles. The quantitative estimate of drug-likeness (QED) is 0.914. The molecule has 1 N–H and O–H groups in total. The van der Waals surface area contributed by atoms with Crippen molar-refractivity contribution in [3.8, 4) is 5.69 Å². The van der Waals surface area contributed by atoms with E-state index in [4.69, 9.17) is 0 Å². The highest BCUT2D eigenvalue weighted by molar-refractivity contribution is 5.91. The Kier molecular flexibility index (Phi) is 4.70. The summed E-state index contributed by atoms with van der Waals surface area (Å²) in [5.74, 6) is -0.505. The number of carbonyl (C=O) groups is 1. The second-order valence-electron chi connectivity index (χ2n) is 4.94. The van der Waals surface area contributed by atoms with Crippen LogP contribution in [-0.4, -0.2) is 41.2 Å². The molecule has 112 valence electrons. The molecule has 0 saturated heterocycles. The highest BCUT2D eigenvalue weighted by Gasteiger charge is 2.12. The molecule has 0 aliphatic rings. The van der Waals surface area contributed by atoms with Crippen LogP contribution >= 0.6 is 0 Å². The van der Waals surface area contributed by atoms with E-state index in [0.29, 0.717) is 17.9 Å². The lowest BCUT2D eigenvalue weighted by Crippen LogP contribution is -2.22. The molecule has 0 spiro atoms. The molecule has 5 nitrogen and oxygen atoms in total. The van der Waals surface area contributed by atoms with Crippen LogP contribution in [0.15, 0.2) is 30.5 Å². The summed E-state index contributed by atoms with van der Waals surface area (Å²) in [7, 11) is 3.33. The zero-order chi connectivity index (χ0) is 15.4. The fraction of sp³-hybridized carbons (Fsp3) is 0.333. The normalized spacial score (nSPS) is 10.7. The fourth-order valence-electron chi connectivity index (χ4n) is 1.95. The van der Waals surface area contributed by atoms with Gasteiger partial charge in [0.1, 0.15) is 5.82 Å². The zero-order valence-corrected chi connectivity index (χ0v) is 12.4. The van der Waals surface area contributed by atoms with Gasteiger partial charge >= 0.3 is 0 Å². The molecule has 2 aromatic rings. The van der Waals surface area contributed by atoms with E-state index in [9.17, 15) is 9.18 Å². The monoisotopic (exact) mass is 290 g/mol. The van der Waals surface area contributed by atoms with Crippen LogP contribution in [0.25, 0.3) is 5.69 Å². The highest BCUT2D eigenvalue weighted by Crippen LogP contribution is 2.14. The van der Waals surface area contributed by atoms with E-state index in [-0.39, 0.29) is 11.7 Å². The molecular formula is C15H19FN4O. The smallest absolute Gasteiger partial charge is 0.273 e. The van der Waals surface area contributed by atoms with Gasteiger partial charge in [0.2, 0.25) is 0 Å². The van der Waals surface area contributed by atoms with E-state index in [1.54, 1.807) is 26.4 Å². The molecule has 0 atom stereocenters. The van der Waals surface area contributed by atoms with Crippen molar-refractivity contribution in [2.75, 3.05) is 20.6 Å². The Hall–Kier alpha value is -2.21. The molecule has 21 heavy (non-hydrogen) atoms. The second-order valence-corrected chi connectivity index (χ2v) is 4.94. The number of hydrogen-bond acceptors (Lipinski definition) is 3. The first-order valence-corrected chi connectivity index (χ1v) is 6.79. The lowest BCUT2D eigenvalue weighted by atomic mass is 10.2. The third kappa shape index (κ3) is 3.66. The van der Waals surface area contributed by atoms with Crippen molar-refractivity contribution in [2.45, 2.75) is 13.5 Å². The lowest BCUT2D eigenvalue weighted by molar-refractivity contribution is 0.0821. The standard InChI is InChI=1S/C15H19FN4O/c1-4-17-10-11-7-12(16)9-13(8-11)20-6-5-14(18-20)15(21)19(2)3/h5-9,17H,4,10H2,1-3H3. The first-order valence-electron chi connectivity index (χ1n) is 6.79. The molecule has 0 fully saturated rings. The van der Waals surface area contributed by atoms with Gasteiger partial charge in [-0.25, -0.2) is 9.07 Å². The minimum atomic E-state index is -0.323. The molecule has 2 rings (SSSR count). The number of halogens is 1. The SMILES string of the molecule is CCNCc1cc(F)cc(-n2ccc(C(=O)N(C)C)n2)c1. The Labute approximate surface area is 123 Å². The number of rotatable bonds is 5. The minimum Gasteiger partial charge on any atom is -0.343 e. The van der Waals surface area contributed by atoms with Crippen LogP contribution in [-0.2, 0) is 6.54 Å². The number of nitrogens with zero attached hydrogens (tertiary/aromatic N) is 3. The predicted molar refractivity (Wildman–Crippen MR) is 78.9 cm³/mol. The molecule has 0 radical (unpaired) electrons. The van der Waals surface area contributed by atoms with Crippen LogP contribution in [0.4, 0.5) is 4.39 Å². The first kappa shape index (κ1) is 15.2. The summed E-state index contributed by atoms with van der Waals surface area (Å²) in [6.07, 6.45) is 1.66. The van der Waals surface area contributed by atoms with E-state index >= 15 is 0 Å². The van der Waals surface area contributed by atoms with E-state index < -0.39 is 0 Å². The molecule has 0 saturated carbocycles. The van der Waals surface area contributed by atoms with Gasteiger partial charge in [-0.1, -0.05) is 6.92 Å². The van der Waals surface area contributed by atoms with Gasteiger partial charge in [-0.2, -0.15) is 5.10 Å². The first-order chi connectivity index (χ1) is 10.0. The average Bonchev–Trinajstić information content (AvgIpc) is 2.93. The fourth-order valence-corrected chi connectivity index (χ4v) is 1.95. The minimum absolute atomic E-state index is 0.182. The summed E-state index contributed by atoms with van der Waals surface area (Å²) < 4.78 is 15.2. The van der Waals surface area contributed by atoms with Crippen molar-refractivity contribution < 1.29 is 9.18 Å². The van der Waals surface area contributed by atoms with Crippen LogP contribution < -0.4 is 5.32 Å². The largest absolute Gasteiger partial charge is 0.343 e. The van der Waals surface area contributed by atoms with Gasteiger partial charge in [0, 0.05) is 26.8 Å². The number of benzene rings is 1. The van der Waals surface area contributed by atoms with Crippen LogP contribution in [0.3, 0.4) is 0 Å². The third-order valence-corrected chi connectivity index (χ3v) is 3.00. The van der Waals surface area contributed by atoms with E-state index in [1.807, 2.05) is 13.0 Å². The van der Waals surface area contributed by atoms with Gasteiger partial charge < -0.3 is 10.2 Å². The van der Waals surface area contributed by atoms with Crippen molar-refractivity contribution in [3.05, 3.63) is 47.5 Å². The van der Waals surface area contributed by atoms with Crippen molar-refractivity contribution in [1.82, 2.24) is 20.0 Å². The molecule has 1 aromatic heterocycles. The zero-order valence-electron chi connectivity index (χ0n) is 12.4. The lowest BCUT2D eigenvalue weighted by Gasteiger charge is -2.08. The van der Waals surface area contributed by atoms with Gasteiger partial charge in [0.25, 0.3) is 5.91 Å². The topological polar surface area (TPSA) is 50.2 Å². The number of aromatic nitrogens is 2. The number of nitrogens with one attached hydrogen (secondary N) is 1. The molecule has 0 aliphatic carbocycles. The summed E-state index contributed by atoms with van der Waals surface area (Å²) in [6, 6.07) is 6.35. The Bertz CT molecular complexity index is 636. The summed E-state index contributed by atoms with van der Waals surface area (Å²) in [5.41, 5.74) is 1.76.